The van der Waals surface area contributed by atoms with E-state index in [4.69, 9.17) is 9.47 Å². The number of hydrogen-bond donors (Lipinski definition) is 0. The number of carbonyl (C=O) groups is 1. The molecule has 0 saturated carbocycles. The minimum absolute atomic E-state index is 0.0245. The first-order valence-electron chi connectivity index (χ1n) is 8.82. The van der Waals surface area contributed by atoms with E-state index in [1.807, 2.05) is 4.90 Å². The van der Waals surface area contributed by atoms with Gasteiger partial charge in [0.1, 0.15) is 12.0 Å². The molecule has 0 N–H and O–H groups in total. The van der Waals surface area contributed by atoms with Crippen molar-refractivity contribution < 1.29 is 19.2 Å². The SMILES string of the molecule is COc1ccc(C(=O)N2CCN(c3ncc([N+](=O)[O-])cc3C)CC2)cc1OC. The van der Waals surface area contributed by atoms with Gasteiger partial charge in [0, 0.05) is 37.8 Å². The van der Waals surface area contributed by atoms with E-state index in [0.717, 1.165) is 5.56 Å². The van der Waals surface area contributed by atoms with Crippen molar-refractivity contribution in [3.05, 3.63) is 51.7 Å². The molecule has 1 aliphatic heterocycles. The van der Waals surface area contributed by atoms with Crippen molar-refractivity contribution in [3.8, 4) is 11.5 Å². The second kappa shape index (κ2) is 8.12. The van der Waals surface area contributed by atoms with Gasteiger partial charge in [-0.05, 0) is 30.7 Å². The van der Waals surface area contributed by atoms with E-state index in [0.29, 0.717) is 49.1 Å². The van der Waals surface area contributed by atoms with Gasteiger partial charge in [0.05, 0.1) is 19.1 Å². The minimum Gasteiger partial charge on any atom is -0.493 e. The summed E-state index contributed by atoms with van der Waals surface area (Å²) in [5.41, 5.74) is 1.26. The van der Waals surface area contributed by atoms with Crippen LogP contribution in [0.3, 0.4) is 0 Å². The zero-order valence-electron chi connectivity index (χ0n) is 16.0. The summed E-state index contributed by atoms with van der Waals surface area (Å²) in [6.07, 6.45) is 1.27. The fourth-order valence-corrected chi connectivity index (χ4v) is 3.26. The van der Waals surface area contributed by atoms with Crippen LogP contribution in [0.25, 0.3) is 0 Å². The largest absolute Gasteiger partial charge is 0.493 e. The molecule has 148 valence electrons. The molecule has 3 rings (SSSR count). The Hall–Kier alpha value is -3.36. The molecule has 0 bridgehead atoms. The standard InChI is InChI=1S/C19H22N4O5/c1-13-10-15(23(25)26)12-20-18(13)21-6-8-22(9-7-21)19(24)14-4-5-16(27-2)17(11-14)28-3/h4-5,10-12H,6-9H2,1-3H3. The number of methoxy groups -OCH3 is 2. The van der Waals surface area contributed by atoms with E-state index < -0.39 is 4.92 Å². The first-order chi connectivity index (χ1) is 13.4. The van der Waals surface area contributed by atoms with E-state index in [9.17, 15) is 14.9 Å². The summed E-state index contributed by atoms with van der Waals surface area (Å²) in [6, 6.07) is 6.63. The highest BCUT2D eigenvalue weighted by atomic mass is 16.6. The number of aryl methyl sites for hydroxylation is 1. The molecule has 2 aromatic rings. The van der Waals surface area contributed by atoms with E-state index in [1.54, 1.807) is 37.1 Å². The quantitative estimate of drug-likeness (QED) is 0.574. The van der Waals surface area contributed by atoms with Crippen molar-refractivity contribution in [1.29, 1.82) is 0 Å². The predicted octanol–water partition coefficient (Wildman–Crippen LogP) is 2.28. The van der Waals surface area contributed by atoms with Crippen molar-refractivity contribution in [2.24, 2.45) is 0 Å². The molecule has 9 nitrogen and oxygen atoms in total. The number of hydrogen-bond acceptors (Lipinski definition) is 7. The summed E-state index contributed by atoms with van der Waals surface area (Å²) < 4.78 is 10.5. The smallest absolute Gasteiger partial charge is 0.287 e. The lowest BCUT2D eigenvalue weighted by Crippen LogP contribution is -2.49. The highest BCUT2D eigenvalue weighted by Crippen LogP contribution is 2.28. The number of pyridine rings is 1. The lowest BCUT2D eigenvalue weighted by atomic mass is 10.1. The number of carbonyl (C=O) groups excluding carboxylic acids is 1. The van der Waals surface area contributed by atoms with E-state index in [-0.39, 0.29) is 11.6 Å². The van der Waals surface area contributed by atoms with Gasteiger partial charge >= 0.3 is 0 Å². The molecule has 1 aliphatic rings. The van der Waals surface area contributed by atoms with E-state index >= 15 is 0 Å². The van der Waals surface area contributed by atoms with Crippen LogP contribution in [0.5, 0.6) is 11.5 Å². The van der Waals surface area contributed by atoms with Gasteiger partial charge in [-0.2, -0.15) is 0 Å². The van der Waals surface area contributed by atoms with Crippen molar-refractivity contribution in [3.63, 3.8) is 0 Å². The number of piperazine rings is 1. The van der Waals surface area contributed by atoms with Crippen LogP contribution < -0.4 is 14.4 Å². The first-order valence-corrected chi connectivity index (χ1v) is 8.82. The average Bonchev–Trinajstić information content (AvgIpc) is 2.72. The Bertz CT molecular complexity index is 894. The number of benzene rings is 1. The molecule has 1 aromatic carbocycles. The zero-order valence-corrected chi connectivity index (χ0v) is 16.0. The van der Waals surface area contributed by atoms with Gasteiger partial charge in [-0.15, -0.1) is 0 Å². The van der Waals surface area contributed by atoms with Gasteiger partial charge in [0.15, 0.2) is 11.5 Å². The van der Waals surface area contributed by atoms with Gasteiger partial charge in [0.25, 0.3) is 11.6 Å². The molecular formula is C19H22N4O5. The van der Waals surface area contributed by atoms with Gasteiger partial charge in [-0.25, -0.2) is 4.98 Å². The molecule has 0 unspecified atom stereocenters. The lowest BCUT2D eigenvalue weighted by Gasteiger charge is -2.36. The third kappa shape index (κ3) is 3.83. The Morgan fingerprint density at radius 2 is 1.79 bits per heavy atom. The van der Waals surface area contributed by atoms with Crippen molar-refractivity contribution in [2.75, 3.05) is 45.3 Å². The van der Waals surface area contributed by atoms with Crippen LogP contribution in [0.1, 0.15) is 15.9 Å². The maximum Gasteiger partial charge on any atom is 0.287 e. The number of rotatable bonds is 5. The Morgan fingerprint density at radius 1 is 1.11 bits per heavy atom. The third-order valence-electron chi connectivity index (χ3n) is 4.74. The molecule has 0 radical (unpaired) electrons. The Labute approximate surface area is 162 Å². The highest BCUT2D eigenvalue weighted by molar-refractivity contribution is 5.95. The van der Waals surface area contributed by atoms with Gasteiger partial charge < -0.3 is 19.3 Å². The molecular weight excluding hydrogens is 364 g/mol. The molecule has 0 atom stereocenters. The van der Waals surface area contributed by atoms with Crippen LogP contribution in [0.2, 0.25) is 0 Å². The molecule has 9 heteroatoms. The monoisotopic (exact) mass is 386 g/mol. The van der Waals surface area contributed by atoms with Gasteiger partial charge in [-0.1, -0.05) is 0 Å². The number of anilines is 1. The molecule has 28 heavy (non-hydrogen) atoms. The molecule has 1 amide bonds. The van der Waals surface area contributed by atoms with Crippen LogP contribution in [0.4, 0.5) is 11.5 Å². The second-order valence-electron chi connectivity index (χ2n) is 6.44. The number of amides is 1. The highest BCUT2D eigenvalue weighted by Gasteiger charge is 2.25. The normalized spacial score (nSPS) is 14.0. The van der Waals surface area contributed by atoms with E-state index in [2.05, 4.69) is 4.98 Å². The predicted molar refractivity (Wildman–Crippen MR) is 103 cm³/mol. The number of aromatic nitrogens is 1. The topological polar surface area (TPSA) is 98.0 Å². The third-order valence-corrected chi connectivity index (χ3v) is 4.74. The molecule has 1 saturated heterocycles. The van der Waals surface area contributed by atoms with Gasteiger partial charge in [0.2, 0.25) is 0 Å². The number of nitro groups is 1. The molecule has 0 aliphatic carbocycles. The molecule has 2 heterocycles. The first kappa shape index (κ1) is 19.4. The summed E-state index contributed by atoms with van der Waals surface area (Å²) in [6.45, 7) is 4.07. The van der Waals surface area contributed by atoms with Crippen molar-refractivity contribution >= 4 is 17.4 Å². The number of nitrogens with zero attached hydrogens (tertiary/aromatic N) is 4. The fraction of sp³-hybridized carbons (Fsp3) is 0.368. The maximum absolute atomic E-state index is 12.8. The molecule has 0 spiro atoms. The van der Waals surface area contributed by atoms with Crippen LogP contribution >= 0.6 is 0 Å². The summed E-state index contributed by atoms with van der Waals surface area (Å²) in [5.74, 6) is 1.72. The Kier molecular flexibility index (Phi) is 5.62. The minimum atomic E-state index is -0.455. The Balaban J connectivity index is 1.68. The van der Waals surface area contributed by atoms with Crippen LogP contribution in [-0.4, -0.2) is 61.1 Å². The maximum atomic E-state index is 12.8. The van der Waals surface area contributed by atoms with Crippen LogP contribution in [0.15, 0.2) is 30.5 Å². The van der Waals surface area contributed by atoms with Crippen LogP contribution in [0, 0.1) is 17.0 Å². The summed E-state index contributed by atoms with van der Waals surface area (Å²) in [5, 5.41) is 10.9. The van der Waals surface area contributed by atoms with Gasteiger partial charge in [-0.3, -0.25) is 14.9 Å². The summed E-state index contributed by atoms with van der Waals surface area (Å²) >= 11 is 0. The lowest BCUT2D eigenvalue weighted by molar-refractivity contribution is -0.385. The molecule has 1 fully saturated rings. The second-order valence-corrected chi connectivity index (χ2v) is 6.44. The summed E-state index contributed by atoms with van der Waals surface area (Å²) in [7, 11) is 3.08. The average molecular weight is 386 g/mol. The van der Waals surface area contributed by atoms with Crippen molar-refractivity contribution in [2.45, 2.75) is 6.92 Å². The van der Waals surface area contributed by atoms with Crippen molar-refractivity contribution in [1.82, 2.24) is 9.88 Å². The van der Waals surface area contributed by atoms with Crippen LogP contribution in [-0.2, 0) is 0 Å². The Morgan fingerprint density at radius 3 is 2.36 bits per heavy atom. The molecule has 1 aromatic heterocycles. The number of ether oxygens (including phenoxy) is 2. The van der Waals surface area contributed by atoms with E-state index in [1.165, 1.54) is 19.4 Å². The zero-order chi connectivity index (χ0) is 20.3. The summed E-state index contributed by atoms with van der Waals surface area (Å²) in [4.78, 5) is 31.3. The fourth-order valence-electron chi connectivity index (χ4n) is 3.26.